The summed E-state index contributed by atoms with van der Waals surface area (Å²) in [7, 11) is 0. The number of Topliss-reactive ketones (excluding diaryl/α,β-unsaturated/α-hetero) is 1. The van der Waals surface area contributed by atoms with E-state index in [1.807, 2.05) is 19.9 Å². The molecule has 110 valence electrons. The minimum atomic E-state index is -0.848. The Morgan fingerprint density at radius 1 is 1.10 bits per heavy atom. The molecule has 4 heteroatoms. The summed E-state index contributed by atoms with van der Waals surface area (Å²) in [5.41, 5.74) is -0.224. The van der Waals surface area contributed by atoms with Crippen LogP contribution in [0.3, 0.4) is 0 Å². The number of carbonyl (C=O) groups is 2. The standard InChI is InChI=1S/C16H23NO3/c1-3-16(20,4-2)12-17-15(19)11-10-14(18)13-8-6-5-7-9-13/h5-9,20H,3-4,10-12H2,1-2H3,(H,17,19). The summed E-state index contributed by atoms with van der Waals surface area (Å²) in [4.78, 5) is 23.5. The molecule has 0 spiro atoms. The van der Waals surface area contributed by atoms with Gasteiger partial charge >= 0.3 is 0 Å². The zero-order valence-electron chi connectivity index (χ0n) is 12.2. The van der Waals surface area contributed by atoms with Crippen LogP contribution in [0.2, 0.25) is 0 Å². The average molecular weight is 277 g/mol. The minimum Gasteiger partial charge on any atom is -0.388 e. The lowest BCUT2D eigenvalue weighted by atomic mass is 9.97. The van der Waals surface area contributed by atoms with E-state index in [4.69, 9.17) is 0 Å². The zero-order valence-corrected chi connectivity index (χ0v) is 12.2. The average Bonchev–Trinajstić information content (AvgIpc) is 2.51. The highest BCUT2D eigenvalue weighted by Gasteiger charge is 2.22. The number of hydrogen-bond acceptors (Lipinski definition) is 3. The van der Waals surface area contributed by atoms with Gasteiger partial charge in [-0.05, 0) is 12.8 Å². The van der Waals surface area contributed by atoms with Crippen LogP contribution in [0.15, 0.2) is 30.3 Å². The van der Waals surface area contributed by atoms with Crippen molar-refractivity contribution in [3.63, 3.8) is 0 Å². The number of amides is 1. The highest BCUT2D eigenvalue weighted by atomic mass is 16.3. The molecule has 0 bridgehead atoms. The van der Waals surface area contributed by atoms with Gasteiger partial charge < -0.3 is 10.4 Å². The van der Waals surface area contributed by atoms with Gasteiger partial charge in [-0.1, -0.05) is 44.2 Å². The van der Waals surface area contributed by atoms with Crippen LogP contribution in [0.5, 0.6) is 0 Å². The molecule has 0 radical (unpaired) electrons. The lowest BCUT2D eigenvalue weighted by Gasteiger charge is -2.25. The third-order valence-corrected chi connectivity index (χ3v) is 3.61. The van der Waals surface area contributed by atoms with Gasteiger partial charge in [0.1, 0.15) is 0 Å². The Balaban J connectivity index is 2.35. The second-order valence-corrected chi connectivity index (χ2v) is 5.00. The lowest BCUT2D eigenvalue weighted by molar-refractivity contribution is -0.122. The number of ketones is 1. The van der Waals surface area contributed by atoms with E-state index in [1.165, 1.54) is 0 Å². The fraction of sp³-hybridized carbons (Fsp3) is 0.500. The Hall–Kier alpha value is -1.68. The predicted octanol–water partition coefficient (Wildman–Crippen LogP) is 2.32. The number of rotatable bonds is 8. The third kappa shape index (κ3) is 5.13. The van der Waals surface area contributed by atoms with Crippen LogP contribution < -0.4 is 5.32 Å². The van der Waals surface area contributed by atoms with Crippen molar-refractivity contribution in [3.05, 3.63) is 35.9 Å². The number of hydrogen-bond donors (Lipinski definition) is 2. The second-order valence-electron chi connectivity index (χ2n) is 5.00. The summed E-state index contributed by atoms with van der Waals surface area (Å²) in [6, 6.07) is 8.94. The maximum atomic E-state index is 11.8. The molecule has 0 fully saturated rings. The van der Waals surface area contributed by atoms with Gasteiger partial charge in [0.2, 0.25) is 5.91 Å². The van der Waals surface area contributed by atoms with Crippen molar-refractivity contribution in [2.45, 2.75) is 45.1 Å². The Morgan fingerprint density at radius 2 is 1.70 bits per heavy atom. The molecule has 0 aliphatic rings. The fourth-order valence-corrected chi connectivity index (χ4v) is 1.85. The summed E-state index contributed by atoms with van der Waals surface area (Å²) in [6.07, 6.45) is 1.52. The molecule has 0 aliphatic heterocycles. The van der Waals surface area contributed by atoms with Gasteiger partial charge in [-0.2, -0.15) is 0 Å². The van der Waals surface area contributed by atoms with E-state index in [0.29, 0.717) is 18.4 Å². The van der Waals surface area contributed by atoms with E-state index in [1.54, 1.807) is 24.3 Å². The van der Waals surface area contributed by atoms with Crippen LogP contribution in [-0.4, -0.2) is 28.9 Å². The van der Waals surface area contributed by atoms with E-state index >= 15 is 0 Å². The largest absolute Gasteiger partial charge is 0.388 e. The molecule has 0 saturated heterocycles. The molecule has 1 aromatic rings. The van der Waals surface area contributed by atoms with Gasteiger partial charge in [-0.3, -0.25) is 9.59 Å². The highest BCUT2D eigenvalue weighted by molar-refractivity contribution is 5.97. The maximum absolute atomic E-state index is 11.8. The smallest absolute Gasteiger partial charge is 0.220 e. The predicted molar refractivity (Wildman–Crippen MR) is 78.5 cm³/mol. The summed E-state index contributed by atoms with van der Waals surface area (Å²) in [6.45, 7) is 4.00. The number of aliphatic hydroxyl groups is 1. The van der Waals surface area contributed by atoms with E-state index in [0.717, 1.165) is 0 Å². The first-order valence-electron chi connectivity index (χ1n) is 7.08. The number of nitrogens with one attached hydrogen (secondary N) is 1. The monoisotopic (exact) mass is 277 g/mol. The molecule has 0 saturated carbocycles. The van der Waals surface area contributed by atoms with E-state index < -0.39 is 5.60 Å². The van der Waals surface area contributed by atoms with Crippen molar-refractivity contribution in [2.75, 3.05) is 6.54 Å². The topological polar surface area (TPSA) is 66.4 Å². The first-order chi connectivity index (χ1) is 9.50. The molecule has 20 heavy (non-hydrogen) atoms. The Morgan fingerprint density at radius 3 is 2.25 bits per heavy atom. The lowest BCUT2D eigenvalue weighted by Crippen LogP contribution is -2.42. The van der Waals surface area contributed by atoms with Crippen LogP contribution in [0.25, 0.3) is 0 Å². The third-order valence-electron chi connectivity index (χ3n) is 3.61. The molecule has 1 aromatic carbocycles. The van der Waals surface area contributed by atoms with Crippen molar-refractivity contribution in [3.8, 4) is 0 Å². The van der Waals surface area contributed by atoms with E-state index in [9.17, 15) is 14.7 Å². The molecule has 0 unspecified atom stereocenters. The van der Waals surface area contributed by atoms with Gasteiger partial charge in [0.05, 0.1) is 5.60 Å². The number of benzene rings is 1. The van der Waals surface area contributed by atoms with Crippen LogP contribution >= 0.6 is 0 Å². The summed E-state index contributed by atoms with van der Waals surface area (Å²) in [5.74, 6) is -0.239. The van der Waals surface area contributed by atoms with E-state index in [2.05, 4.69) is 5.32 Å². The van der Waals surface area contributed by atoms with Gasteiger partial charge in [0.25, 0.3) is 0 Å². The Labute approximate surface area is 120 Å². The first-order valence-corrected chi connectivity index (χ1v) is 7.08. The Bertz CT molecular complexity index is 438. The van der Waals surface area contributed by atoms with Crippen LogP contribution in [0.4, 0.5) is 0 Å². The normalized spacial score (nSPS) is 11.2. The summed E-state index contributed by atoms with van der Waals surface area (Å²) in [5, 5.41) is 12.7. The molecule has 1 amide bonds. The molecule has 0 aliphatic carbocycles. The second kappa shape index (κ2) is 7.80. The first kappa shape index (κ1) is 16.4. The van der Waals surface area contributed by atoms with Crippen molar-refractivity contribution < 1.29 is 14.7 Å². The zero-order chi connectivity index (χ0) is 15.0. The maximum Gasteiger partial charge on any atom is 0.220 e. The van der Waals surface area contributed by atoms with Crippen molar-refractivity contribution in [1.82, 2.24) is 5.32 Å². The molecule has 0 heterocycles. The SMILES string of the molecule is CCC(O)(CC)CNC(=O)CCC(=O)c1ccccc1. The van der Waals surface area contributed by atoms with Gasteiger partial charge in [0.15, 0.2) is 5.78 Å². The molecule has 2 N–H and O–H groups in total. The van der Waals surface area contributed by atoms with Crippen molar-refractivity contribution in [1.29, 1.82) is 0 Å². The molecule has 4 nitrogen and oxygen atoms in total. The van der Waals surface area contributed by atoms with Crippen LogP contribution in [0, 0.1) is 0 Å². The van der Waals surface area contributed by atoms with Crippen LogP contribution in [0.1, 0.15) is 49.9 Å². The van der Waals surface area contributed by atoms with E-state index in [-0.39, 0.29) is 31.1 Å². The summed E-state index contributed by atoms with van der Waals surface area (Å²) >= 11 is 0. The molecule has 1 rings (SSSR count). The number of carbonyl (C=O) groups excluding carboxylic acids is 2. The van der Waals surface area contributed by atoms with Crippen LogP contribution in [-0.2, 0) is 4.79 Å². The molecule has 0 atom stereocenters. The fourth-order valence-electron chi connectivity index (χ4n) is 1.85. The van der Waals surface area contributed by atoms with Gasteiger partial charge in [-0.25, -0.2) is 0 Å². The minimum absolute atomic E-state index is 0.0398. The van der Waals surface area contributed by atoms with Crippen molar-refractivity contribution >= 4 is 11.7 Å². The Kier molecular flexibility index (Phi) is 6.39. The molecular weight excluding hydrogens is 254 g/mol. The molecule has 0 aromatic heterocycles. The molecular formula is C16H23NO3. The quantitative estimate of drug-likeness (QED) is 0.717. The highest BCUT2D eigenvalue weighted by Crippen LogP contribution is 2.13. The van der Waals surface area contributed by atoms with Crippen molar-refractivity contribution in [2.24, 2.45) is 0 Å². The van der Waals surface area contributed by atoms with Gasteiger partial charge in [0, 0.05) is 24.9 Å². The van der Waals surface area contributed by atoms with Gasteiger partial charge in [-0.15, -0.1) is 0 Å². The summed E-state index contributed by atoms with van der Waals surface area (Å²) < 4.78 is 0.